The fraction of sp³-hybridized carbons (Fsp3) is 0.373. The van der Waals surface area contributed by atoms with Crippen LogP contribution in [0.5, 0.6) is 0 Å². The Morgan fingerprint density at radius 2 is 1.15 bits per heavy atom. The van der Waals surface area contributed by atoms with Gasteiger partial charge in [0, 0.05) is 33.8 Å². The summed E-state index contributed by atoms with van der Waals surface area (Å²) in [6, 6.07) is 37.4. The van der Waals surface area contributed by atoms with E-state index in [1.807, 2.05) is 0 Å². The molecule has 3 nitrogen and oxygen atoms in total. The van der Waals surface area contributed by atoms with E-state index in [0.29, 0.717) is 5.92 Å². The molecule has 1 aromatic heterocycles. The van der Waals surface area contributed by atoms with E-state index >= 15 is 0 Å². The van der Waals surface area contributed by atoms with Gasteiger partial charge in [-0.3, -0.25) is 0 Å². The van der Waals surface area contributed by atoms with Gasteiger partial charge in [0.1, 0.15) is 5.58 Å². The van der Waals surface area contributed by atoms with E-state index in [1.165, 1.54) is 98.2 Å². The largest absolute Gasteiger partial charge is 0.468 e. The maximum Gasteiger partial charge on any atom is 0.297 e. The Bertz CT molecular complexity index is 2550. The van der Waals surface area contributed by atoms with Crippen molar-refractivity contribution in [2.45, 2.75) is 122 Å². The lowest BCUT2D eigenvalue weighted by atomic mass is 9.35. The third-order valence-electron chi connectivity index (χ3n) is 14.4. The van der Waals surface area contributed by atoms with Crippen LogP contribution in [0.25, 0.3) is 11.0 Å². The average Bonchev–Trinajstić information content (AvgIpc) is 3.53. The molecule has 2 aliphatic heterocycles. The second-order valence-corrected chi connectivity index (χ2v) is 20.1. The summed E-state index contributed by atoms with van der Waals surface area (Å²) >= 11 is 0. The lowest BCUT2D eigenvalue weighted by molar-refractivity contribution is 0.332. The first kappa shape index (κ1) is 34.8. The molecular formula is C51H55BN2O. The highest BCUT2D eigenvalue weighted by Crippen LogP contribution is 2.53. The topological polar surface area (TPSA) is 19.6 Å². The molecule has 2 aliphatic carbocycles. The molecule has 5 aromatic carbocycles. The molecule has 4 aliphatic rings. The van der Waals surface area contributed by atoms with Crippen LogP contribution in [0, 0.1) is 0 Å². The third kappa shape index (κ3) is 4.95. The van der Waals surface area contributed by atoms with Gasteiger partial charge in [-0.15, -0.1) is 0 Å². The van der Waals surface area contributed by atoms with Crippen LogP contribution in [0.15, 0.2) is 101 Å². The number of hydrogen-bond acceptors (Lipinski definition) is 3. The fourth-order valence-electron chi connectivity index (χ4n) is 10.7. The van der Waals surface area contributed by atoms with Crippen molar-refractivity contribution in [2.24, 2.45) is 0 Å². The highest BCUT2D eigenvalue weighted by molar-refractivity contribution is 7.00. The number of benzene rings is 5. The van der Waals surface area contributed by atoms with Crippen molar-refractivity contribution in [3.8, 4) is 0 Å². The zero-order valence-corrected chi connectivity index (χ0v) is 34.5. The molecule has 6 aromatic rings. The molecule has 0 bridgehead atoms. The van der Waals surface area contributed by atoms with Gasteiger partial charge in [-0.1, -0.05) is 112 Å². The average molecular weight is 723 g/mol. The number of furan rings is 1. The smallest absolute Gasteiger partial charge is 0.297 e. The predicted octanol–water partition coefficient (Wildman–Crippen LogP) is 12.3. The Morgan fingerprint density at radius 3 is 1.80 bits per heavy atom. The van der Waals surface area contributed by atoms with Crippen LogP contribution in [0.2, 0.25) is 0 Å². The summed E-state index contributed by atoms with van der Waals surface area (Å²) < 4.78 is 7.23. The fourth-order valence-corrected chi connectivity index (χ4v) is 10.7. The van der Waals surface area contributed by atoms with E-state index in [1.54, 1.807) is 0 Å². The summed E-state index contributed by atoms with van der Waals surface area (Å²) in [7, 11) is 0. The van der Waals surface area contributed by atoms with Gasteiger partial charge in [-0.2, -0.15) is 0 Å². The first-order chi connectivity index (χ1) is 26.1. The zero-order chi connectivity index (χ0) is 38.4. The first-order valence-electron chi connectivity index (χ1n) is 20.8. The molecule has 10 rings (SSSR count). The molecule has 278 valence electrons. The molecule has 3 heterocycles. The van der Waals surface area contributed by atoms with Crippen molar-refractivity contribution in [3.05, 3.63) is 125 Å². The third-order valence-corrected chi connectivity index (χ3v) is 14.4. The van der Waals surface area contributed by atoms with Gasteiger partial charge in [0.2, 0.25) is 0 Å². The highest BCUT2D eigenvalue weighted by atomic mass is 16.3. The summed E-state index contributed by atoms with van der Waals surface area (Å²) in [6.45, 7) is 24.1. The Labute approximate surface area is 328 Å². The molecule has 0 saturated carbocycles. The minimum atomic E-state index is -0.0542. The molecule has 0 unspecified atom stereocenters. The van der Waals surface area contributed by atoms with Crippen LogP contribution in [0.3, 0.4) is 0 Å². The number of hydrogen-bond donors (Lipinski definition) is 0. The predicted molar refractivity (Wildman–Crippen MR) is 235 cm³/mol. The van der Waals surface area contributed by atoms with Gasteiger partial charge in [-0.25, -0.2) is 0 Å². The molecule has 0 N–H and O–H groups in total. The van der Waals surface area contributed by atoms with Crippen LogP contribution in [0.1, 0.15) is 129 Å². The van der Waals surface area contributed by atoms with Crippen LogP contribution in [-0.2, 0) is 21.7 Å². The number of para-hydroxylation sites is 1. The maximum atomic E-state index is 7.23. The van der Waals surface area contributed by atoms with Crippen LogP contribution >= 0.6 is 0 Å². The van der Waals surface area contributed by atoms with Crippen molar-refractivity contribution < 1.29 is 4.42 Å². The summed E-state index contributed by atoms with van der Waals surface area (Å²) in [5.41, 5.74) is 19.7. The summed E-state index contributed by atoms with van der Waals surface area (Å²) in [5, 5.41) is 1.18. The van der Waals surface area contributed by atoms with E-state index in [9.17, 15) is 0 Å². The van der Waals surface area contributed by atoms with Crippen LogP contribution in [0.4, 0.5) is 34.1 Å². The van der Waals surface area contributed by atoms with Crippen molar-refractivity contribution >= 4 is 68.4 Å². The first-order valence-corrected chi connectivity index (χ1v) is 20.8. The van der Waals surface area contributed by atoms with Crippen LogP contribution < -0.4 is 26.4 Å². The summed E-state index contributed by atoms with van der Waals surface area (Å²) in [6.07, 6.45) is 4.74. The molecule has 0 atom stereocenters. The van der Waals surface area contributed by atoms with Crippen molar-refractivity contribution in [1.29, 1.82) is 0 Å². The number of anilines is 6. The second-order valence-electron chi connectivity index (χ2n) is 20.1. The highest BCUT2D eigenvalue weighted by Gasteiger charge is 2.49. The van der Waals surface area contributed by atoms with Gasteiger partial charge in [-0.05, 0) is 147 Å². The molecule has 0 amide bonds. The minimum Gasteiger partial charge on any atom is -0.468 e. The Kier molecular flexibility index (Phi) is 7.23. The van der Waals surface area contributed by atoms with Crippen molar-refractivity contribution in [3.63, 3.8) is 0 Å². The summed E-state index contributed by atoms with van der Waals surface area (Å²) in [4.78, 5) is 5.11. The van der Waals surface area contributed by atoms with Gasteiger partial charge in [0.15, 0.2) is 0 Å². The summed E-state index contributed by atoms with van der Waals surface area (Å²) in [5.74, 6) is 0.413. The Balaban J connectivity index is 1.32. The van der Waals surface area contributed by atoms with Gasteiger partial charge < -0.3 is 14.2 Å². The molecule has 55 heavy (non-hydrogen) atoms. The van der Waals surface area contributed by atoms with Crippen molar-refractivity contribution in [2.75, 3.05) is 9.80 Å². The van der Waals surface area contributed by atoms with E-state index in [4.69, 9.17) is 4.42 Å². The van der Waals surface area contributed by atoms with E-state index < -0.39 is 0 Å². The molecule has 0 fully saturated rings. The van der Waals surface area contributed by atoms with Gasteiger partial charge in [0.25, 0.3) is 6.71 Å². The number of nitrogens with zero attached hydrogens (tertiary/aromatic N) is 2. The normalized spacial score (nSPS) is 19.4. The molecule has 0 spiro atoms. The van der Waals surface area contributed by atoms with Crippen molar-refractivity contribution in [1.82, 2.24) is 0 Å². The molecular weight excluding hydrogens is 667 g/mol. The van der Waals surface area contributed by atoms with E-state index in [-0.39, 0.29) is 28.4 Å². The lowest BCUT2D eigenvalue weighted by Crippen LogP contribution is -2.61. The SMILES string of the molecule is CC(C)c1ccc2oc3c(c2c1)N(c1ccccc1)c1cccc2c1B3c1cc3c(cc1N2c1ccc2c(c1)C(C)(C)CCC2(C)C)C(C)(C)CCC3(C)C. The molecule has 0 radical (unpaired) electrons. The van der Waals surface area contributed by atoms with E-state index in [2.05, 4.69) is 176 Å². The van der Waals surface area contributed by atoms with Gasteiger partial charge in [0.05, 0.1) is 11.3 Å². The zero-order valence-electron chi connectivity index (χ0n) is 34.5. The monoisotopic (exact) mass is 722 g/mol. The number of fused-ring (bicyclic) bond motifs is 8. The van der Waals surface area contributed by atoms with E-state index in [0.717, 1.165) is 16.9 Å². The Hall–Kier alpha value is -4.70. The lowest BCUT2D eigenvalue weighted by Gasteiger charge is -2.47. The minimum absolute atomic E-state index is 0.0542. The quantitative estimate of drug-likeness (QED) is 0.169. The van der Waals surface area contributed by atoms with Gasteiger partial charge >= 0.3 is 0 Å². The number of rotatable bonds is 3. The molecule has 0 saturated heterocycles. The maximum absolute atomic E-state index is 7.23. The second kappa shape index (κ2) is 11.4. The van der Waals surface area contributed by atoms with Crippen LogP contribution in [-0.4, -0.2) is 6.71 Å². The Morgan fingerprint density at radius 1 is 0.545 bits per heavy atom. The molecule has 4 heteroatoms. The standard InChI is InChI=1S/C51H55BN2O/c1-31(2)32-19-22-44-35(27-32)46-47(55-44)52-40-29-38-39(51(9,10)26-25-50(38,7)8)30-43(40)53(34-20-21-36-37(28-34)49(5,6)24-23-48(36,3)4)41-17-14-18-42(45(41)52)54(46)33-15-12-11-13-16-33/h11-22,27-31H,23-26H2,1-10H3.